The van der Waals surface area contributed by atoms with Crippen molar-refractivity contribution in [3.63, 3.8) is 0 Å². The molecule has 2 aliphatic heterocycles. The van der Waals surface area contributed by atoms with Crippen molar-refractivity contribution < 1.29 is 28.9 Å². The molecule has 1 fully saturated rings. The molecule has 1 N–H and O–H groups in total. The first-order valence-corrected chi connectivity index (χ1v) is 6.18. The summed E-state index contributed by atoms with van der Waals surface area (Å²) in [5.74, 6) is -0.170. The van der Waals surface area contributed by atoms with Gasteiger partial charge >= 0.3 is 5.97 Å². The molecule has 1 saturated heterocycles. The quantitative estimate of drug-likeness (QED) is 0.840. The van der Waals surface area contributed by atoms with E-state index in [0.29, 0.717) is 23.6 Å². The molecule has 0 radical (unpaired) electrons. The molecule has 1 amide bonds. The molecule has 1 atom stereocenters. The predicted octanol–water partition coefficient (Wildman–Crippen LogP) is 0.341. The van der Waals surface area contributed by atoms with Crippen LogP contribution in [0.5, 0.6) is 11.5 Å². The Morgan fingerprint density at radius 2 is 2.05 bits per heavy atom. The van der Waals surface area contributed by atoms with Crippen molar-refractivity contribution in [2.75, 3.05) is 26.5 Å². The average molecular weight is 279 g/mol. The van der Waals surface area contributed by atoms with E-state index < -0.39 is 12.1 Å². The van der Waals surface area contributed by atoms with Crippen LogP contribution in [0.4, 0.5) is 0 Å². The first kappa shape index (κ1) is 12.7. The smallest absolute Gasteiger partial charge is 0.334 e. The monoisotopic (exact) mass is 279 g/mol. The number of carbonyl (C=O) groups excluding carboxylic acids is 1. The van der Waals surface area contributed by atoms with Crippen LogP contribution in [0.3, 0.4) is 0 Å². The minimum atomic E-state index is -1.06. The minimum Gasteiger partial charge on any atom is -0.479 e. The number of benzene rings is 1. The summed E-state index contributed by atoms with van der Waals surface area (Å²) >= 11 is 0. The molecule has 0 spiro atoms. The van der Waals surface area contributed by atoms with Gasteiger partial charge in [-0.3, -0.25) is 4.79 Å². The number of rotatable bonds is 2. The van der Waals surface area contributed by atoms with E-state index in [4.69, 9.17) is 19.3 Å². The van der Waals surface area contributed by atoms with Crippen LogP contribution in [0.15, 0.2) is 18.2 Å². The van der Waals surface area contributed by atoms with E-state index in [1.54, 1.807) is 18.2 Å². The van der Waals surface area contributed by atoms with Crippen molar-refractivity contribution in [1.82, 2.24) is 4.90 Å². The maximum atomic E-state index is 12.3. The maximum Gasteiger partial charge on any atom is 0.334 e. The molecule has 0 saturated carbocycles. The zero-order chi connectivity index (χ0) is 14.1. The Balaban J connectivity index is 1.76. The number of carboxylic acids is 1. The third-order valence-corrected chi connectivity index (χ3v) is 3.25. The van der Waals surface area contributed by atoms with E-state index >= 15 is 0 Å². The zero-order valence-electron chi connectivity index (χ0n) is 10.6. The largest absolute Gasteiger partial charge is 0.479 e. The van der Waals surface area contributed by atoms with Gasteiger partial charge in [0.25, 0.3) is 5.91 Å². The summed E-state index contributed by atoms with van der Waals surface area (Å²) in [6.45, 7) is 0.776. The summed E-state index contributed by atoms with van der Waals surface area (Å²) in [6.07, 6.45) is -0.971. The van der Waals surface area contributed by atoms with E-state index in [-0.39, 0.29) is 25.9 Å². The van der Waals surface area contributed by atoms with Gasteiger partial charge in [-0.2, -0.15) is 0 Å². The highest BCUT2D eigenvalue weighted by atomic mass is 16.7. The molecular weight excluding hydrogens is 266 g/mol. The molecule has 7 nitrogen and oxygen atoms in total. The Hall–Kier alpha value is -2.28. The van der Waals surface area contributed by atoms with Crippen LogP contribution in [0.25, 0.3) is 0 Å². The molecule has 0 bridgehead atoms. The van der Waals surface area contributed by atoms with Gasteiger partial charge < -0.3 is 24.2 Å². The Morgan fingerprint density at radius 1 is 1.25 bits per heavy atom. The Morgan fingerprint density at radius 3 is 2.85 bits per heavy atom. The lowest BCUT2D eigenvalue weighted by atomic mass is 10.1. The van der Waals surface area contributed by atoms with Crippen LogP contribution < -0.4 is 9.47 Å². The lowest BCUT2D eigenvalue weighted by Crippen LogP contribution is -2.48. The first-order chi connectivity index (χ1) is 9.65. The normalized spacial score (nSPS) is 20.8. The number of amides is 1. The molecular formula is C13H13NO6. The summed E-state index contributed by atoms with van der Waals surface area (Å²) in [5.41, 5.74) is 0.445. The highest BCUT2D eigenvalue weighted by Gasteiger charge is 2.30. The molecule has 20 heavy (non-hydrogen) atoms. The Kier molecular flexibility index (Phi) is 3.19. The van der Waals surface area contributed by atoms with Crippen molar-refractivity contribution in [2.24, 2.45) is 0 Å². The molecule has 3 rings (SSSR count). The van der Waals surface area contributed by atoms with Crippen LogP contribution >= 0.6 is 0 Å². The molecule has 106 valence electrons. The van der Waals surface area contributed by atoms with Crippen LogP contribution in [0.1, 0.15) is 10.4 Å². The fourth-order valence-corrected chi connectivity index (χ4v) is 2.20. The first-order valence-electron chi connectivity index (χ1n) is 6.18. The third-order valence-electron chi connectivity index (χ3n) is 3.25. The second kappa shape index (κ2) is 5.01. The number of ether oxygens (including phenoxy) is 3. The SMILES string of the molecule is O=C(O)[C@@H]1CN(C(=O)c2ccc3c(c2)OCO3)CCO1. The molecule has 0 aromatic heterocycles. The van der Waals surface area contributed by atoms with Gasteiger partial charge in [0.1, 0.15) is 0 Å². The number of carboxylic acid groups (broad SMARTS) is 1. The fraction of sp³-hybridized carbons (Fsp3) is 0.385. The highest BCUT2D eigenvalue weighted by Crippen LogP contribution is 2.32. The summed E-state index contributed by atoms with van der Waals surface area (Å²) in [6, 6.07) is 4.92. The van der Waals surface area contributed by atoms with Crippen LogP contribution in [0.2, 0.25) is 0 Å². The van der Waals surface area contributed by atoms with E-state index in [1.165, 1.54) is 4.90 Å². The van der Waals surface area contributed by atoms with Gasteiger partial charge in [0, 0.05) is 12.1 Å². The summed E-state index contributed by atoms with van der Waals surface area (Å²) in [5, 5.41) is 8.94. The van der Waals surface area contributed by atoms with E-state index in [2.05, 4.69) is 0 Å². The van der Waals surface area contributed by atoms with E-state index in [0.717, 1.165) is 0 Å². The second-order valence-corrected chi connectivity index (χ2v) is 4.52. The number of aliphatic carboxylic acids is 1. The van der Waals surface area contributed by atoms with Crippen LogP contribution in [-0.2, 0) is 9.53 Å². The number of nitrogens with zero attached hydrogens (tertiary/aromatic N) is 1. The van der Waals surface area contributed by atoms with Crippen molar-refractivity contribution in [3.05, 3.63) is 23.8 Å². The van der Waals surface area contributed by atoms with Gasteiger partial charge in [0.2, 0.25) is 6.79 Å². The van der Waals surface area contributed by atoms with Gasteiger partial charge in [-0.25, -0.2) is 4.79 Å². The second-order valence-electron chi connectivity index (χ2n) is 4.52. The number of hydrogen-bond donors (Lipinski definition) is 1. The average Bonchev–Trinajstić information content (AvgIpc) is 2.94. The summed E-state index contributed by atoms with van der Waals surface area (Å²) in [4.78, 5) is 24.7. The minimum absolute atomic E-state index is 0.0443. The zero-order valence-corrected chi connectivity index (χ0v) is 10.6. The predicted molar refractivity (Wildman–Crippen MR) is 65.8 cm³/mol. The van der Waals surface area contributed by atoms with Crippen molar-refractivity contribution >= 4 is 11.9 Å². The molecule has 1 aromatic carbocycles. The molecule has 2 heterocycles. The number of fused-ring (bicyclic) bond motifs is 1. The number of carbonyl (C=O) groups is 2. The maximum absolute atomic E-state index is 12.3. The van der Waals surface area contributed by atoms with Crippen molar-refractivity contribution in [1.29, 1.82) is 0 Å². The van der Waals surface area contributed by atoms with E-state index in [9.17, 15) is 9.59 Å². The summed E-state index contributed by atoms with van der Waals surface area (Å²) in [7, 11) is 0. The topological polar surface area (TPSA) is 85.3 Å². The lowest BCUT2D eigenvalue weighted by Gasteiger charge is -2.30. The molecule has 1 aromatic rings. The number of hydrogen-bond acceptors (Lipinski definition) is 5. The van der Waals surface area contributed by atoms with Gasteiger partial charge in [0.05, 0.1) is 13.2 Å². The molecule has 2 aliphatic rings. The molecule has 0 aliphatic carbocycles. The highest BCUT2D eigenvalue weighted by molar-refractivity contribution is 5.95. The molecule has 7 heteroatoms. The van der Waals surface area contributed by atoms with Crippen LogP contribution in [-0.4, -0.2) is 54.5 Å². The Labute approximate surface area is 114 Å². The number of morpholine rings is 1. The lowest BCUT2D eigenvalue weighted by molar-refractivity contribution is -0.154. The van der Waals surface area contributed by atoms with Gasteiger partial charge in [0.15, 0.2) is 17.6 Å². The summed E-state index contributed by atoms with van der Waals surface area (Å²) < 4.78 is 15.5. The van der Waals surface area contributed by atoms with Crippen molar-refractivity contribution in [3.8, 4) is 11.5 Å². The van der Waals surface area contributed by atoms with Crippen molar-refractivity contribution in [2.45, 2.75) is 6.10 Å². The fourth-order valence-electron chi connectivity index (χ4n) is 2.20. The van der Waals surface area contributed by atoms with Gasteiger partial charge in [-0.05, 0) is 18.2 Å². The van der Waals surface area contributed by atoms with E-state index in [1.807, 2.05) is 0 Å². The van der Waals surface area contributed by atoms with Gasteiger partial charge in [-0.15, -0.1) is 0 Å². The molecule has 0 unspecified atom stereocenters. The van der Waals surface area contributed by atoms with Crippen LogP contribution in [0, 0.1) is 0 Å². The standard InChI is InChI=1S/C13H13NO6/c15-12(14-3-4-18-11(6-14)13(16)17)8-1-2-9-10(5-8)20-7-19-9/h1-2,5,11H,3-4,6-7H2,(H,16,17)/t11-/m0/s1. The van der Waals surface area contributed by atoms with Gasteiger partial charge in [-0.1, -0.05) is 0 Å². The third kappa shape index (κ3) is 2.27. The Bertz CT molecular complexity index is 558.